The number of aromatic nitrogens is 2. The smallest absolute Gasteiger partial charge is 0.348 e. The first-order chi connectivity index (χ1) is 17.9. The van der Waals surface area contributed by atoms with Crippen LogP contribution in [0.4, 0.5) is 0 Å². The van der Waals surface area contributed by atoms with Gasteiger partial charge in [0.15, 0.2) is 5.60 Å². The van der Waals surface area contributed by atoms with Gasteiger partial charge in [-0.2, -0.15) is 0 Å². The van der Waals surface area contributed by atoms with Gasteiger partial charge in [0, 0.05) is 11.4 Å². The molecule has 1 N–H and O–H groups in total. The first kappa shape index (κ1) is 25.8. The number of hydrogen-bond donors (Lipinski definition) is 1. The molecular formula is C31H30N2O4. The lowest BCUT2D eigenvalue weighted by molar-refractivity contribution is -0.162. The quantitative estimate of drug-likeness (QED) is 0.295. The number of hydrogen-bond acceptors (Lipinski definition) is 5. The van der Waals surface area contributed by atoms with E-state index in [0.29, 0.717) is 22.5 Å². The van der Waals surface area contributed by atoms with Crippen LogP contribution < -0.4 is 4.74 Å². The third-order valence-corrected chi connectivity index (χ3v) is 5.98. The van der Waals surface area contributed by atoms with Crippen molar-refractivity contribution < 1.29 is 19.4 Å². The van der Waals surface area contributed by atoms with E-state index in [1.54, 1.807) is 6.07 Å². The van der Waals surface area contributed by atoms with E-state index in [1.165, 1.54) is 5.56 Å². The fourth-order valence-corrected chi connectivity index (χ4v) is 4.28. The number of aryl methyl sites for hydroxylation is 3. The highest BCUT2D eigenvalue weighted by atomic mass is 16.6. The molecule has 1 heterocycles. The summed E-state index contributed by atoms with van der Waals surface area (Å²) in [6, 6.07) is 28.4. The molecule has 1 unspecified atom stereocenters. The Labute approximate surface area is 217 Å². The average molecular weight is 495 g/mol. The Hall–Kier alpha value is -4.29. The zero-order valence-electron chi connectivity index (χ0n) is 21.2. The number of benzene rings is 3. The van der Waals surface area contributed by atoms with Gasteiger partial charge in [-0.15, -0.1) is 0 Å². The van der Waals surface area contributed by atoms with E-state index in [9.17, 15) is 9.90 Å². The van der Waals surface area contributed by atoms with Crippen molar-refractivity contribution in [2.24, 2.45) is 0 Å². The standard InChI is InChI=1S/C31H30N2O4/c1-22-16-18-25(19-17-22)11-10-20-36-31(26-12-6-4-7-13-26,27-14-8-5-9-15-27)28(29(34)35)37-30-32-23(2)21-24(3)33-30/h4-19,21,28H,20H2,1-3H3,(H,34,35)/b11-10+. The maximum atomic E-state index is 12.9. The Morgan fingerprint density at radius 1 is 0.865 bits per heavy atom. The Bertz CT molecular complexity index is 1290. The molecule has 0 bridgehead atoms. The molecule has 0 saturated heterocycles. The molecule has 0 fully saturated rings. The van der Waals surface area contributed by atoms with Gasteiger partial charge in [0.25, 0.3) is 0 Å². The van der Waals surface area contributed by atoms with E-state index in [4.69, 9.17) is 9.47 Å². The minimum atomic E-state index is -1.49. The first-order valence-corrected chi connectivity index (χ1v) is 12.1. The van der Waals surface area contributed by atoms with Gasteiger partial charge in [0.2, 0.25) is 6.10 Å². The Morgan fingerprint density at radius 3 is 1.92 bits per heavy atom. The summed E-state index contributed by atoms with van der Waals surface area (Å²) >= 11 is 0. The summed E-state index contributed by atoms with van der Waals surface area (Å²) < 4.78 is 12.6. The van der Waals surface area contributed by atoms with Crippen LogP contribution in [0.15, 0.2) is 97.1 Å². The number of nitrogens with zero attached hydrogens (tertiary/aromatic N) is 2. The molecule has 0 radical (unpaired) electrons. The molecule has 0 amide bonds. The highest BCUT2D eigenvalue weighted by molar-refractivity contribution is 5.76. The predicted molar refractivity (Wildman–Crippen MR) is 143 cm³/mol. The van der Waals surface area contributed by atoms with Crippen LogP contribution in [0.5, 0.6) is 6.01 Å². The third-order valence-electron chi connectivity index (χ3n) is 5.98. The van der Waals surface area contributed by atoms with Gasteiger partial charge in [-0.1, -0.05) is 103 Å². The lowest BCUT2D eigenvalue weighted by atomic mass is 9.81. The Kier molecular flexibility index (Phi) is 8.11. The van der Waals surface area contributed by atoms with Crippen LogP contribution >= 0.6 is 0 Å². The molecule has 0 saturated carbocycles. The minimum Gasteiger partial charge on any atom is -0.478 e. The van der Waals surface area contributed by atoms with Gasteiger partial charge in [-0.25, -0.2) is 14.8 Å². The van der Waals surface area contributed by atoms with Gasteiger partial charge >= 0.3 is 12.0 Å². The summed E-state index contributed by atoms with van der Waals surface area (Å²) in [6.07, 6.45) is 2.34. The molecule has 1 aromatic heterocycles. The van der Waals surface area contributed by atoms with Crippen molar-refractivity contribution >= 4 is 12.0 Å². The van der Waals surface area contributed by atoms with Crippen molar-refractivity contribution in [3.63, 3.8) is 0 Å². The second kappa shape index (κ2) is 11.6. The van der Waals surface area contributed by atoms with E-state index < -0.39 is 17.7 Å². The lowest BCUT2D eigenvalue weighted by Gasteiger charge is -2.38. The van der Waals surface area contributed by atoms with E-state index in [-0.39, 0.29) is 12.6 Å². The highest BCUT2D eigenvalue weighted by Crippen LogP contribution is 2.39. The van der Waals surface area contributed by atoms with Crippen molar-refractivity contribution in [3.05, 3.63) is 131 Å². The van der Waals surface area contributed by atoms with Crippen LogP contribution in [0.3, 0.4) is 0 Å². The van der Waals surface area contributed by atoms with Crippen LogP contribution in [0.2, 0.25) is 0 Å². The van der Waals surface area contributed by atoms with Gasteiger partial charge in [-0.05, 0) is 43.5 Å². The number of carboxylic acid groups (broad SMARTS) is 1. The lowest BCUT2D eigenvalue weighted by Crippen LogP contribution is -2.51. The van der Waals surface area contributed by atoms with Crippen molar-refractivity contribution in [1.82, 2.24) is 9.97 Å². The van der Waals surface area contributed by atoms with Gasteiger partial charge in [0.05, 0.1) is 6.61 Å². The zero-order chi connectivity index (χ0) is 26.3. The topological polar surface area (TPSA) is 81.5 Å². The van der Waals surface area contributed by atoms with Crippen LogP contribution in [-0.4, -0.2) is 33.8 Å². The number of ether oxygens (including phenoxy) is 2. The minimum absolute atomic E-state index is 0.0139. The molecule has 6 nitrogen and oxygen atoms in total. The van der Waals surface area contributed by atoms with Crippen LogP contribution in [0.25, 0.3) is 6.08 Å². The fourth-order valence-electron chi connectivity index (χ4n) is 4.28. The molecule has 4 aromatic rings. The maximum absolute atomic E-state index is 12.9. The Morgan fingerprint density at radius 2 is 1.41 bits per heavy atom. The van der Waals surface area contributed by atoms with Gasteiger partial charge in [-0.3, -0.25) is 0 Å². The molecule has 37 heavy (non-hydrogen) atoms. The monoisotopic (exact) mass is 494 g/mol. The molecule has 0 aliphatic carbocycles. The summed E-state index contributed by atoms with van der Waals surface area (Å²) in [4.78, 5) is 21.5. The van der Waals surface area contributed by atoms with Crippen molar-refractivity contribution in [2.75, 3.05) is 6.61 Å². The van der Waals surface area contributed by atoms with Crippen molar-refractivity contribution in [3.8, 4) is 6.01 Å². The highest BCUT2D eigenvalue weighted by Gasteiger charge is 2.50. The van der Waals surface area contributed by atoms with E-state index >= 15 is 0 Å². The predicted octanol–water partition coefficient (Wildman–Crippen LogP) is 5.91. The largest absolute Gasteiger partial charge is 0.478 e. The van der Waals surface area contributed by atoms with Crippen molar-refractivity contribution in [1.29, 1.82) is 0 Å². The van der Waals surface area contributed by atoms with Gasteiger partial charge < -0.3 is 14.6 Å². The van der Waals surface area contributed by atoms with E-state index in [2.05, 4.69) is 9.97 Å². The zero-order valence-corrected chi connectivity index (χ0v) is 21.2. The van der Waals surface area contributed by atoms with Crippen LogP contribution in [0.1, 0.15) is 33.6 Å². The molecule has 1 atom stereocenters. The fraction of sp³-hybridized carbons (Fsp3) is 0.194. The summed E-state index contributed by atoms with van der Waals surface area (Å²) in [5.74, 6) is -1.20. The molecule has 6 heteroatoms. The number of carbonyl (C=O) groups is 1. The number of rotatable bonds is 10. The molecule has 0 aliphatic rings. The summed E-state index contributed by atoms with van der Waals surface area (Å²) in [7, 11) is 0. The van der Waals surface area contributed by atoms with E-state index in [0.717, 1.165) is 5.56 Å². The first-order valence-electron chi connectivity index (χ1n) is 12.1. The average Bonchev–Trinajstić information content (AvgIpc) is 2.89. The second-order valence-corrected chi connectivity index (χ2v) is 8.86. The Balaban J connectivity index is 1.80. The van der Waals surface area contributed by atoms with Crippen LogP contribution in [-0.2, 0) is 15.1 Å². The molecule has 0 spiro atoms. The molecule has 0 aliphatic heterocycles. The molecule has 188 valence electrons. The number of carboxylic acids is 1. The summed E-state index contributed by atoms with van der Waals surface area (Å²) in [5, 5.41) is 10.5. The summed E-state index contributed by atoms with van der Waals surface area (Å²) in [5.41, 5.74) is 3.35. The molecule has 4 rings (SSSR count). The molecule has 3 aromatic carbocycles. The second-order valence-electron chi connectivity index (χ2n) is 8.86. The molecular weight excluding hydrogens is 464 g/mol. The van der Waals surface area contributed by atoms with E-state index in [1.807, 2.05) is 118 Å². The van der Waals surface area contributed by atoms with Crippen LogP contribution in [0, 0.1) is 20.8 Å². The van der Waals surface area contributed by atoms with Gasteiger partial charge in [0.1, 0.15) is 0 Å². The summed E-state index contributed by atoms with van der Waals surface area (Å²) in [6.45, 7) is 5.80. The maximum Gasteiger partial charge on any atom is 0.348 e. The third kappa shape index (κ3) is 6.11. The van der Waals surface area contributed by atoms with Crippen molar-refractivity contribution in [2.45, 2.75) is 32.5 Å². The SMILES string of the molecule is Cc1ccc(/C=C/COC(c2ccccc2)(c2ccccc2)C(Oc2nc(C)cc(C)n2)C(=O)O)cc1. The normalized spacial score (nSPS) is 12.4. The number of aliphatic carboxylic acids is 1.